The summed E-state index contributed by atoms with van der Waals surface area (Å²) in [6.45, 7) is 2.13. The van der Waals surface area contributed by atoms with E-state index in [1.54, 1.807) is 6.20 Å². The van der Waals surface area contributed by atoms with Crippen molar-refractivity contribution in [1.82, 2.24) is 14.6 Å². The normalized spacial score (nSPS) is 11.1. The van der Waals surface area contributed by atoms with E-state index in [9.17, 15) is 4.79 Å². The van der Waals surface area contributed by atoms with Crippen molar-refractivity contribution in [2.24, 2.45) is 0 Å². The number of nitrogens with zero attached hydrogens (tertiary/aromatic N) is 3. The highest BCUT2D eigenvalue weighted by Gasteiger charge is 2.19. The molecule has 0 radical (unpaired) electrons. The van der Waals surface area contributed by atoms with E-state index in [1.807, 2.05) is 35.0 Å². The summed E-state index contributed by atoms with van der Waals surface area (Å²) >= 11 is 0. The molecule has 1 aromatic carbocycles. The van der Waals surface area contributed by atoms with Gasteiger partial charge in [0, 0.05) is 41.2 Å². The lowest BCUT2D eigenvalue weighted by molar-refractivity contribution is -0.137. The van der Waals surface area contributed by atoms with Gasteiger partial charge in [-0.3, -0.25) is 9.78 Å². The van der Waals surface area contributed by atoms with Crippen molar-refractivity contribution in [1.29, 1.82) is 0 Å². The van der Waals surface area contributed by atoms with Crippen molar-refractivity contribution in [2.75, 3.05) is 0 Å². The first-order valence-corrected chi connectivity index (χ1v) is 10.4. The van der Waals surface area contributed by atoms with Gasteiger partial charge in [0.25, 0.3) is 0 Å². The van der Waals surface area contributed by atoms with Gasteiger partial charge in [0.15, 0.2) is 0 Å². The summed E-state index contributed by atoms with van der Waals surface area (Å²) in [6, 6.07) is 18.5. The van der Waals surface area contributed by atoms with E-state index in [0.29, 0.717) is 6.42 Å². The van der Waals surface area contributed by atoms with Crippen LogP contribution in [0.2, 0.25) is 0 Å². The van der Waals surface area contributed by atoms with Crippen LogP contribution in [0.4, 0.5) is 0 Å². The summed E-state index contributed by atoms with van der Waals surface area (Å²) in [5.41, 5.74) is 7.56. The summed E-state index contributed by atoms with van der Waals surface area (Å²) in [4.78, 5) is 15.3. The van der Waals surface area contributed by atoms with Gasteiger partial charge in [-0.1, -0.05) is 43.3 Å². The van der Waals surface area contributed by atoms with Crippen LogP contribution >= 0.6 is 0 Å². The van der Waals surface area contributed by atoms with Gasteiger partial charge in [-0.15, -0.1) is 0 Å². The lowest BCUT2D eigenvalue weighted by Crippen LogP contribution is -2.06. The topological polar surface area (TPSA) is 67.5 Å². The molecule has 3 aromatic heterocycles. The average Bonchev–Trinajstić information content (AvgIpc) is 3.19. The Hall–Kier alpha value is -3.47. The number of hydrogen-bond donors (Lipinski definition) is 1. The van der Waals surface area contributed by atoms with Crippen molar-refractivity contribution in [3.63, 3.8) is 0 Å². The molecule has 1 N–H and O–H groups in total. The maximum Gasteiger partial charge on any atom is 0.303 e. The molecule has 5 nitrogen and oxygen atoms in total. The van der Waals surface area contributed by atoms with Gasteiger partial charge < -0.3 is 5.11 Å². The Kier molecular flexibility index (Phi) is 5.89. The summed E-state index contributed by atoms with van der Waals surface area (Å²) in [5, 5.41) is 14.1. The van der Waals surface area contributed by atoms with E-state index < -0.39 is 5.97 Å². The Morgan fingerprint density at radius 1 is 1.00 bits per heavy atom. The van der Waals surface area contributed by atoms with Crippen LogP contribution < -0.4 is 0 Å². The number of hydrogen-bond acceptors (Lipinski definition) is 3. The number of fused-ring (bicyclic) bond motifs is 1. The lowest BCUT2D eigenvalue weighted by Gasteiger charge is -2.17. The van der Waals surface area contributed by atoms with Crippen molar-refractivity contribution in [2.45, 2.75) is 39.0 Å². The Morgan fingerprint density at radius 3 is 2.50 bits per heavy atom. The smallest absolute Gasteiger partial charge is 0.303 e. The summed E-state index contributed by atoms with van der Waals surface area (Å²) in [6.07, 6.45) is 6.94. The van der Waals surface area contributed by atoms with Gasteiger partial charge in [0.1, 0.15) is 0 Å². The largest absolute Gasteiger partial charge is 0.481 e. The maximum atomic E-state index is 11.0. The van der Waals surface area contributed by atoms with E-state index in [0.717, 1.165) is 58.4 Å². The van der Waals surface area contributed by atoms with E-state index in [-0.39, 0.29) is 6.42 Å². The number of benzene rings is 1. The molecule has 0 spiro atoms. The number of carboxylic acid groups (broad SMARTS) is 1. The molecule has 4 aromatic rings. The van der Waals surface area contributed by atoms with Crippen LogP contribution in [0.5, 0.6) is 0 Å². The number of rotatable bonds is 8. The highest BCUT2D eigenvalue weighted by Crippen LogP contribution is 2.36. The molecule has 4 rings (SSSR count). The predicted molar refractivity (Wildman–Crippen MR) is 118 cm³/mol. The zero-order valence-corrected chi connectivity index (χ0v) is 17.1. The second-order valence-electron chi connectivity index (χ2n) is 7.39. The molecule has 3 heterocycles. The Labute approximate surface area is 176 Å². The van der Waals surface area contributed by atoms with Gasteiger partial charge >= 0.3 is 5.97 Å². The fraction of sp³-hybridized carbons (Fsp3) is 0.240. The fourth-order valence-corrected chi connectivity index (χ4v) is 3.96. The van der Waals surface area contributed by atoms with Crippen molar-refractivity contribution in [3.05, 3.63) is 78.2 Å². The first-order chi connectivity index (χ1) is 14.7. The standard InChI is InChI=1S/C25H25N3O2/c1-2-20-14-15-22-24(19-11-8-16-26-17-19)21(12-6-7-13-23(29)30)25(27-28(20)22)18-9-4-3-5-10-18/h3-5,8-11,14-17H,2,6-7,12-13H2,1H3,(H,29,30). The van der Waals surface area contributed by atoms with E-state index in [1.165, 1.54) is 0 Å². The minimum atomic E-state index is -0.751. The third kappa shape index (κ3) is 3.96. The number of carboxylic acids is 1. The molecule has 0 aliphatic heterocycles. The molecule has 30 heavy (non-hydrogen) atoms. The zero-order valence-electron chi connectivity index (χ0n) is 17.1. The Bertz CT molecular complexity index is 1150. The van der Waals surface area contributed by atoms with E-state index in [2.05, 4.69) is 42.2 Å². The van der Waals surface area contributed by atoms with Crippen molar-refractivity contribution in [3.8, 4) is 22.4 Å². The van der Waals surface area contributed by atoms with Crippen LogP contribution in [0, 0.1) is 0 Å². The number of unbranched alkanes of at least 4 members (excludes halogenated alkanes) is 1. The summed E-state index contributed by atoms with van der Waals surface area (Å²) in [5.74, 6) is -0.751. The highest BCUT2D eigenvalue weighted by molar-refractivity contribution is 5.87. The first kappa shape index (κ1) is 19.8. The number of aryl methyl sites for hydroxylation is 1. The van der Waals surface area contributed by atoms with Gasteiger partial charge in [-0.05, 0) is 49.4 Å². The average molecular weight is 399 g/mol. The number of carbonyl (C=O) groups is 1. The molecule has 0 atom stereocenters. The minimum Gasteiger partial charge on any atom is -0.481 e. The third-order valence-corrected chi connectivity index (χ3v) is 5.40. The van der Waals surface area contributed by atoms with Crippen molar-refractivity contribution >= 4 is 11.5 Å². The Balaban J connectivity index is 1.94. The van der Waals surface area contributed by atoms with Crippen LogP contribution in [0.1, 0.15) is 37.4 Å². The van der Waals surface area contributed by atoms with Crippen LogP contribution in [-0.2, 0) is 17.6 Å². The molecule has 0 saturated heterocycles. The number of aromatic nitrogens is 3. The fourth-order valence-electron chi connectivity index (χ4n) is 3.96. The van der Waals surface area contributed by atoms with Crippen LogP contribution in [-0.4, -0.2) is 25.7 Å². The molecule has 0 amide bonds. The van der Waals surface area contributed by atoms with Crippen molar-refractivity contribution < 1.29 is 9.90 Å². The lowest BCUT2D eigenvalue weighted by atomic mass is 9.93. The maximum absolute atomic E-state index is 11.0. The summed E-state index contributed by atoms with van der Waals surface area (Å²) < 4.78 is 2.05. The van der Waals surface area contributed by atoms with Crippen LogP contribution in [0.3, 0.4) is 0 Å². The number of pyridine rings is 1. The molecule has 0 saturated carbocycles. The highest BCUT2D eigenvalue weighted by atomic mass is 16.4. The SMILES string of the molecule is CCc1ccc2c(-c3cccnc3)c(CCCCC(=O)O)c(-c3ccccc3)nn12. The summed E-state index contributed by atoms with van der Waals surface area (Å²) in [7, 11) is 0. The minimum absolute atomic E-state index is 0.184. The second kappa shape index (κ2) is 8.91. The molecule has 0 unspecified atom stereocenters. The number of aliphatic carboxylic acids is 1. The van der Waals surface area contributed by atoms with Gasteiger partial charge in [0.05, 0.1) is 11.2 Å². The van der Waals surface area contributed by atoms with E-state index in [4.69, 9.17) is 10.2 Å². The second-order valence-corrected chi connectivity index (χ2v) is 7.39. The molecular formula is C25H25N3O2. The third-order valence-electron chi connectivity index (χ3n) is 5.40. The molecule has 152 valence electrons. The predicted octanol–water partition coefficient (Wildman–Crippen LogP) is 5.42. The first-order valence-electron chi connectivity index (χ1n) is 10.4. The molecule has 0 aliphatic rings. The van der Waals surface area contributed by atoms with E-state index >= 15 is 0 Å². The monoisotopic (exact) mass is 399 g/mol. The molecule has 0 fully saturated rings. The van der Waals surface area contributed by atoms with Crippen LogP contribution in [0.15, 0.2) is 67.0 Å². The zero-order chi connectivity index (χ0) is 20.9. The molecule has 5 heteroatoms. The van der Waals surface area contributed by atoms with Crippen LogP contribution in [0.25, 0.3) is 27.9 Å². The quantitative estimate of drug-likeness (QED) is 0.402. The molecular weight excluding hydrogens is 374 g/mol. The van der Waals surface area contributed by atoms with Gasteiger partial charge in [0.2, 0.25) is 0 Å². The van der Waals surface area contributed by atoms with Gasteiger partial charge in [-0.25, -0.2) is 4.52 Å². The Morgan fingerprint density at radius 2 is 1.80 bits per heavy atom. The molecule has 0 bridgehead atoms. The van der Waals surface area contributed by atoms with Gasteiger partial charge in [-0.2, -0.15) is 5.10 Å². The molecule has 0 aliphatic carbocycles.